The fourth-order valence-electron chi connectivity index (χ4n) is 2.62. The van der Waals surface area contributed by atoms with Crippen molar-refractivity contribution in [3.63, 3.8) is 0 Å². The van der Waals surface area contributed by atoms with Crippen molar-refractivity contribution in [2.75, 3.05) is 25.1 Å². The van der Waals surface area contributed by atoms with Crippen LogP contribution in [0.25, 0.3) is 0 Å². The second-order valence-corrected chi connectivity index (χ2v) is 5.36. The predicted octanol–water partition coefficient (Wildman–Crippen LogP) is 1.43. The third-order valence-corrected chi connectivity index (χ3v) is 4.10. The van der Waals surface area contributed by atoms with Crippen molar-refractivity contribution in [3.8, 4) is 0 Å². The Morgan fingerprint density at radius 1 is 1.47 bits per heavy atom. The number of aliphatic hydroxyl groups excluding tert-OH is 1. The third kappa shape index (κ3) is 2.73. The van der Waals surface area contributed by atoms with Crippen LogP contribution in [0.3, 0.4) is 0 Å². The Hall–Kier alpha value is -1.55. The Labute approximate surface area is 114 Å². The van der Waals surface area contributed by atoms with Gasteiger partial charge >= 0.3 is 0 Å². The quantitative estimate of drug-likeness (QED) is 0.866. The lowest BCUT2D eigenvalue weighted by atomic mass is 9.87. The van der Waals surface area contributed by atoms with Crippen LogP contribution in [0.15, 0.2) is 18.2 Å². The van der Waals surface area contributed by atoms with Crippen molar-refractivity contribution in [2.24, 2.45) is 5.92 Å². The molecule has 2 rings (SSSR count). The summed E-state index contributed by atoms with van der Waals surface area (Å²) < 4.78 is 0. The zero-order valence-corrected chi connectivity index (χ0v) is 11.8. The highest BCUT2D eigenvalue weighted by molar-refractivity contribution is 5.95. The summed E-state index contributed by atoms with van der Waals surface area (Å²) in [5.41, 5.74) is 3.11. The lowest BCUT2D eigenvalue weighted by molar-refractivity contribution is 0.0944. The minimum absolute atomic E-state index is 0.0338. The van der Waals surface area contributed by atoms with Crippen molar-refractivity contribution < 1.29 is 9.90 Å². The Morgan fingerprint density at radius 2 is 2.21 bits per heavy atom. The number of hydrogen-bond acceptors (Lipinski definition) is 3. The van der Waals surface area contributed by atoms with Gasteiger partial charge in [-0.1, -0.05) is 6.92 Å². The van der Waals surface area contributed by atoms with Gasteiger partial charge in [0.15, 0.2) is 0 Å². The first-order valence-corrected chi connectivity index (χ1v) is 6.79. The van der Waals surface area contributed by atoms with Gasteiger partial charge in [0.2, 0.25) is 0 Å². The maximum Gasteiger partial charge on any atom is 0.251 e. The van der Waals surface area contributed by atoms with Gasteiger partial charge in [-0.3, -0.25) is 4.79 Å². The molecule has 0 aliphatic carbocycles. The Bertz CT molecular complexity index is 473. The van der Waals surface area contributed by atoms with Crippen molar-refractivity contribution in [3.05, 3.63) is 29.3 Å². The number of hydrogen-bond donors (Lipinski definition) is 2. The second-order valence-electron chi connectivity index (χ2n) is 5.36. The summed E-state index contributed by atoms with van der Waals surface area (Å²) in [7, 11) is 2.10. The minimum Gasteiger partial charge on any atom is -0.395 e. The molecule has 104 valence electrons. The molecule has 19 heavy (non-hydrogen) atoms. The van der Waals surface area contributed by atoms with Gasteiger partial charge in [0.25, 0.3) is 5.91 Å². The van der Waals surface area contributed by atoms with Gasteiger partial charge in [-0.2, -0.15) is 0 Å². The molecule has 0 fully saturated rings. The van der Waals surface area contributed by atoms with Crippen LogP contribution in [0.5, 0.6) is 0 Å². The van der Waals surface area contributed by atoms with Crippen molar-refractivity contribution in [2.45, 2.75) is 26.3 Å². The number of anilines is 1. The maximum absolute atomic E-state index is 11.9. The van der Waals surface area contributed by atoms with Crippen LogP contribution in [-0.4, -0.2) is 37.3 Å². The summed E-state index contributed by atoms with van der Waals surface area (Å²) in [5, 5.41) is 11.4. The molecule has 0 saturated heterocycles. The summed E-state index contributed by atoms with van der Waals surface area (Å²) in [6.45, 7) is 4.73. The fraction of sp³-hybridized carbons (Fsp3) is 0.533. The highest BCUT2D eigenvalue weighted by atomic mass is 16.3. The molecule has 0 unspecified atom stereocenters. The van der Waals surface area contributed by atoms with Crippen LogP contribution >= 0.6 is 0 Å². The zero-order valence-electron chi connectivity index (χ0n) is 11.8. The van der Waals surface area contributed by atoms with E-state index in [0.717, 1.165) is 6.42 Å². The van der Waals surface area contributed by atoms with Crippen LogP contribution in [0.4, 0.5) is 5.69 Å². The molecule has 1 heterocycles. The van der Waals surface area contributed by atoms with Gasteiger partial charge in [0, 0.05) is 30.9 Å². The number of carbonyl (C=O) groups excluding carboxylic acids is 1. The lowest BCUT2D eigenvalue weighted by Crippen LogP contribution is -2.39. The number of rotatable bonds is 3. The van der Waals surface area contributed by atoms with Gasteiger partial charge in [0.1, 0.15) is 0 Å². The minimum atomic E-state index is -0.120. The summed E-state index contributed by atoms with van der Waals surface area (Å²) in [6, 6.07) is 6.36. The predicted molar refractivity (Wildman–Crippen MR) is 76.6 cm³/mol. The van der Waals surface area contributed by atoms with Crippen molar-refractivity contribution in [1.29, 1.82) is 0 Å². The van der Waals surface area contributed by atoms with E-state index in [4.69, 9.17) is 5.11 Å². The van der Waals surface area contributed by atoms with Gasteiger partial charge < -0.3 is 15.3 Å². The van der Waals surface area contributed by atoms with E-state index in [1.165, 1.54) is 11.3 Å². The van der Waals surface area contributed by atoms with Crippen LogP contribution in [0.1, 0.15) is 29.8 Å². The van der Waals surface area contributed by atoms with Gasteiger partial charge in [0.05, 0.1) is 6.61 Å². The van der Waals surface area contributed by atoms with E-state index in [1.54, 1.807) is 0 Å². The standard InChI is InChI=1S/C15H22N2O2/c1-10-8-13-9-12(15(19)16-6-7-18)4-5-14(13)17(3)11(10)2/h4-5,9-11,18H,6-8H2,1-3H3,(H,16,19)/t10-,11+/m1/s1. The third-order valence-electron chi connectivity index (χ3n) is 4.10. The van der Waals surface area contributed by atoms with E-state index in [9.17, 15) is 4.79 Å². The second kappa shape index (κ2) is 5.61. The molecule has 0 radical (unpaired) electrons. The molecular formula is C15H22N2O2. The molecule has 1 aliphatic rings. The van der Waals surface area contributed by atoms with E-state index in [2.05, 4.69) is 31.1 Å². The molecule has 1 aromatic carbocycles. The number of fused-ring (bicyclic) bond motifs is 1. The summed E-state index contributed by atoms with van der Waals surface area (Å²) >= 11 is 0. The number of benzene rings is 1. The molecule has 0 aromatic heterocycles. The van der Waals surface area contributed by atoms with Gasteiger partial charge in [-0.05, 0) is 43.0 Å². The first-order chi connectivity index (χ1) is 9.04. The molecule has 0 spiro atoms. The van der Waals surface area contributed by atoms with E-state index >= 15 is 0 Å². The number of aliphatic hydroxyl groups is 1. The summed E-state index contributed by atoms with van der Waals surface area (Å²) in [4.78, 5) is 14.2. The summed E-state index contributed by atoms with van der Waals surface area (Å²) in [6.07, 6.45) is 1.00. The number of carbonyl (C=O) groups is 1. The molecular weight excluding hydrogens is 240 g/mol. The van der Waals surface area contributed by atoms with E-state index in [0.29, 0.717) is 24.1 Å². The highest BCUT2D eigenvalue weighted by Gasteiger charge is 2.26. The van der Waals surface area contributed by atoms with E-state index < -0.39 is 0 Å². The SMILES string of the molecule is C[C@@H]1Cc2cc(C(=O)NCCO)ccc2N(C)[C@H]1C. The molecule has 0 saturated carbocycles. The molecule has 2 atom stereocenters. The molecule has 4 heteroatoms. The lowest BCUT2D eigenvalue weighted by Gasteiger charge is -2.38. The Balaban J connectivity index is 2.24. The average Bonchev–Trinajstić information content (AvgIpc) is 2.41. The first kappa shape index (κ1) is 13.9. The van der Waals surface area contributed by atoms with Crippen LogP contribution in [-0.2, 0) is 6.42 Å². The number of amides is 1. The van der Waals surface area contributed by atoms with Crippen LogP contribution < -0.4 is 10.2 Å². The van der Waals surface area contributed by atoms with Gasteiger partial charge in [-0.15, -0.1) is 0 Å². The molecule has 0 bridgehead atoms. The largest absolute Gasteiger partial charge is 0.395 e. The summed E-state index contributed by atoms with van der Waals surface area (Å²) in [5.74, 6) is 0.457. The molecule has 4 nitrogen and oxygen atoms in total. The zero-order chi connectivity index (χ0) is 14.0. The molecule has 2 N–H and O–H groups in total. The van der Waals surface area contributed by atoms with Crippen LogP contribution in [0.2, 0.25) is 0 Å². The topological polar surface area (TPSA) is 52.6 Å². The average molecular weight is 262 g/mol. The Kier molecular flexibility index (Phi) is 4.10. The molecule has 1 aromatic rings. The number of nitrogens with zero attached hydrogens (tertiary/aromatic N) is 1. The first-order valence-electron chi connectivity index (χ1n) is 6.79. The Morgan fingerprint density at radius 3 is 2.89 bits per heavy atom. The van der Waals surface area contributed by atoms with Gasteiger partial charge in [-0.25, -0.2) is 0 Å². The normalized spacial score (nSPS) is 22.0. The van der Waals surface area contributed by atoms with Crippen molar-refractivity contribution in [1.82, 2.24) is 5.32 Å². The fourth-order valence-corrected chi connectivity index (χ4v) is 2.62. The van der Waals surface area contributed by atoms with E-state index in [-0.39, 0.29) is 12.5 Å². The number of nitrogens with one attached hydrogen (secondary N) is 1. The maximum atomic E-state index is 11.9. The highest BCUT2D eigenvalue weighted by Crippen LogP contribution is 2.33. The monoisotopic (exact) mass is 262 g/mol. The molecule has 1 amide bonds. The smallest absolute Gasteiger partial charge is 0.251 e. The van der Waals surface area contributed by atoms with Crippen molar-refractivity contribution >= 4 is 11.6 Å². The van der Waals surface area contributed by atoms with Crippen LogP contribution in [0, 0.1) is 5.92 Å². The molecule has 1 aliphatic heterocycles. The van der Waals surface area contributed by atoms with E-state index in [1.807, 2.05) is 18.2 Å².